The number of likely N-dealkylation sites (tertiary alicyclic amines) is 1. The van der Waals surface area contributed by atoms with E-state index < -0.39 is 6.10 Å². The van der Waals surface area contributed by atoms with E-state index in [9.17, 15) is 9.90 Å². The van der Waals surface area contributed by atoms with E-state index in [0.29, 0.717) is 19.0 Å². The van der Waals surface area contributed by atoms with Gasteiger partial charge in [0.25, 0.3) is 0 Å². The van der Waals surface area contributed by atoms with E-state index in [2.05, 4.69) is 21.8 Å². The summed E-state index contributed by atoms with van der Waals surface area (Å²) in [7, 11) is 0. The van der Waals surface area contributed by atoms with Crippen LogP contribution in [-0.2, 0) is 6.54 Å². The maximum Gasteiger partial charge on any atom is 0.317 e. The van der Waals surface area contributed by atoms with Crippen molar-refractivity contribution in [1.29, 1.82) is 0 Å². The van der Waals surface area contributed by atoms with Crippen LogP contribution < -0.4 is 5.32 Å². The van der Waals surface area contributed by atoms with Crippen LogP contribution in [0.5, 0.6) is 0 Å². The number of aryl methyl sites for hydroxylation is 1. The molecule has 0 aromatic carbocycles. The average Bonchev–Trinajstić information content (AvgIpc) is 2.84. The number of urea groups is 1. The minimum absolute atomic E-state index is 0.0739. The number of nitrogens with one attached hydrogen (secondary N) is 1. The lowest BCUT2D eigenvalue weighted by molar-refractivity contribution is 0.0434. The number of carbonyl (C=O) groups is 1. The standard InChI is InChI=1S/C15H26N4O2/c1-11(9-18-7-5-16-13(18)3)8-17-15(21)19-6-4-12(2)14(20)10-19/h5,7,11-12,14,20H,4,6,8-10H2,1-3H3,(H,17,21). The molecule has 118 valence electrons. The third-order valence-corrected chi connectivity index (χ3v) is 4.24. The largest absolute Gasteiger partial charge is 0.391 e. The lowest BCUT2D eigenvalue weighted by Gasteiger charge is -2.34. The fourth-order valence-electron chi connectivity index (χ4n) is 2.60. The van der Waals surface area contributed by atoms with Gasteiger partial charge in [-0.3, -0.25) is 0 Å². The molecule has 0 spiro atoms. The minimum atomic E-state index is -0.407. The van der Waals surface area contributed by atoms with Gasteiger partial charge in [-0.2, -0.15) is 0 Å². The fraction of sp³-hybridized carbons (Fsp3) is 0.733. The molecule has 1 aromatic rings. The van der Waals surface area contributed by atoms with Gasteiger partial charge < -0.3 is 19.9 Å². The molecular weight excluding hydrogens is 268 g/mol. The second kappa shape index (κ2) is 6.93. The number of nitrogens with zero attached hydrogens (tertiary/aromatic N) is 3. The zero-order valence-electron chi connectivity index (χ0n) is 13.1. The summed E-state index contributed by atoms with van der Waals surface area (Å²) in [5.74, 6) is 1.59. The molecule has 1 aliphatic heterocycles. The normalized spacial score (nSPS) is 23.9. The Morgan fingerprint density at radius 2 is 2.38 bits per heavy atom. The molecule has 1 aliphatic rings. The van der Waals surface area contributed by atoms with Gasteiger partial charge in [0.2, 0.25) is 0 Å². The van der Waals surface area contributed by atoms with Crippen molar-refractivity contribution >= 4 is 6.03 Å². The highest BCUT2D eigenvalue weighted by Gasteiger charge is 2.27. The first kappa shape index (κ1) is 15.8. The first-order valence-electron chi connectivity index (χ1n) is 7.66. The predicted molar refractivity (Wildman–Crippen MR) is 80.9 cm³/mol. The molecule has 2 heterocycles. The summed E-state index contributed by atoms with van der Waals surface area (Å²) in [4.78, 5) is 18.0. The molecule has 0 bridgehead atoms. The Kier molecular flexibility index (Phi) is 5.22. The zero-order chi connectivity index (χ0) is 15.4. The highest BCUT2D eigenvalue weighted by Crippen LogP contribution is 2.16. The minimum Gasteiger partial charge on any atom is -0.391 e. The van der Waals surface area contributed by atoms with Crippen LogP contribution in [0.2, 0.25) is 0 Å². The van der Waals surface area contributed by atoms with Crippen molar-refractivity contribution in [1.82, 2.24) is 19.8 Å². The van der Waals surface area contributed by atoms with Crippen molar-refractivity contribution in [2.75, 3.05) is 19.6 Å². The van der Waals surface area contributed by atoms with E-state index in [1.54, 1.807) is 11.1 Å². The van der Waals surface area contributed by atoms with Crippen LogP contribution in [0.3, 0.4) is 0 Å². The second-order valence-corrected chi connectivity index (χ2v) is 6.20. The Morgan fingerprint density at radius 3 is 3.00 bits per heavy atom. The highest BCUT2D eigenvalue weighted by atomic mass is 16.3. The smallest absolute Gasteiger partial charge is 0.317 e. The first-order chi connectivity index (χ1) is 9.97. The molecule has 6 heteroatoms. The van der Waals surface area contributed by atoms with Gasteiger partial charge in [0, 0.05) is 38.6 Å². The third kappa shape index (κ3) is 4.20. The fourth-order valence-corrected chi connectivity index (χ4v) is 2.60. The quantitative estimate of drug-likeness (QED) is 0.878. The number of carbonyl (C=O) groups excluding carboxylic acids is 1. The molecule has 0 radical (unpaired) electrons. The summed E-state index contributed by atoms with van der Waals surface area (Å²) >= 11 is 0. The zero-order valence-corrected chi connectivity index (χ0v) is 13.1. The number of piperidine rings is 1. The highest BCUT2D eigenvalue weighted by molar-refractivity contribution is 5.74. The van der Waals surface area contributed by atoms with Crippen molar-refractivity contribution in [2.45, 2.75) is 39.8 Å². The number of imidazole rings is 1. The number of aliphatic hydroxyl groups is 1. The first-order valence-corrected chi connectivity index (χ1v) is 7.66. The average molecular weight is 294 g/mol. The van der Waals surface area contributed by atoms with Crippen LogP contribution in [-0.4, -0.2) is 51.3 Å². The van der Waals surface area contributed by atoms with E-state index in [-0.39, 0.29) is 11.9 Å². The van der Waals surface area contributed by atoms with Crippen LogP contribution in [0.15, 0.2) is 12.4 Å². The van der Waals surface area contributed by atoms with Gasteiger partial charge in [-0.25, -0.2) is 9.78 Å². The van der Waals surface area contributed by atoms with Gasteiger partial charge in [0.15, 0.2) is 0 Å². The number of aromatic nitrogens is 2. The van der Waals surface area contributed by atoms with E-state index in [1.807, 2.05) is 20.0 Å². The van der Waals surface area contributed by atoms with Crippen LogP contribution >= 0.6 is 0 Å². The van der Waals surface area contributed by atoms with Crippen LogP contribution in [0, 0.1) is 18.8 Å². The molecule has 1 fully saturated rings. The van der Waals surface area contributed by atoms with Crippen LogP contribution in [0.1, 0.15) is 26.1 Å². The molecule has 6 nitrogen and oxygen atoms in total. The SMILES string of the molecule is Cc1nccn1CC(C)CNC(=O)N1CCC(C)C(O)C1. The van der Waals surface area contributed by atoms with E-state index in [0.717, 1.165) is 25.3 Å². The summed E-state index contributed by atoms with van der Waals surface area (Å²) in [6.45, 7) is 8.72. The Balaban J connectivity index is 1.75. The van der Waals surface area contributed by atoms with Crippen molar-refractivity contribution in [3.63, 3.8) is 0 Å². The molecule has 3 unspecified atom stereocenters. The van der Waals surface area contributed by atoms with Gasteiger partial charge >= 0.3 is 6.03 Å². The molecule has 1 aromatic heterocycles. The van der Waals surface area contributed by atoms with Crippen molar-refractivity contribution < 1.29 is 9.90 Å². The van der Waals surface area contributed by atoms with Gasteiger partial charge in [0.1, 0.15) is 5.82 Å². The van der Waals surface area contributed by atoms with Gasteiger partial charge in [-0.15, -0.1) is 0 Å². The molecule has 1 saturated heterocycles. The Hall–Kier alpha value is -1.56. The number of aliphatic hydroxyl groups excluding tert-OH is 1. The molecule has 0 aliphatic carbocycles. The van der Waals surface area contributed by atoms with E-state index in [1.165, 1.54) is 0 Å². The summed E-state index contributed by atoms with van der Waals surface area (Å²) in [6.07, 6.45) is 4.20. The van der Waals surface area contributed by atoms with Gasteiger partial charge in [0.05, 0.1) is 6.10 Å². The Labute approximate surface area is 126 Å². The van der Waals surface area contributed by atoms with Crippen LogP contribution in [0.4, 0.5) is 4.79 Å². The maximum atomic E-state index is 12.1. The lowest BCUT2D eigenvalue weighted by atomic mass is 9.96. The summed E-state index contributed by atoms with van der Waals surface area (Å²) in [5, 5.41) is 12.8. The number of hydrogen-bond donors (Lipinski definition) is 2. The van der Waals surface area contributed by atoms with Gasteiger partial charge in [-0.05, 0) is 25.2 Å². The molecule has 3 atom stereocenters. The number of hydrogen-bond acceptors (Lipinski definition) is 3. The number of amides is 2. The molecule has 2 rings (SSSR count). The molecular formula is C15H26N4O2. The molecule has 2 N–H and O–H groups in total. The van der Waals surface area contributed by atoms with E-state index >= 15 is 0 Å². The predicted octanol–water partition coefficient (Wildman–Crippen LogP) is 1.24. The van der Waals surface area contributed by atoms with Crippen molar-refractivity contribution in [3.05, 3.63) is 18.2 Å². The van der Waals surface area contributed by atoms with Gasteiger partial charge in [-0.1, -0.05) is 13.8 Å². The molecule has 0 saturated carbocycles. The summed E-state index contributed by atoms with van der Waals surface area (Å²) in [6, 6.07) is -0.0739. The van der Waals surface area contributed by atoms with Crippen molar-refractivity contribution in [2.24, 2.45) is 11.8 Å². The van der Waals surface area contributed by atoms with E-state index in [4.69, 9.17) is 0 Å². The van der Waals surface area contributed by atoms with Crippen molar-refractivity contribution in [3.8, 4) is 0 Å². The Morgan fingerprint density at radius 1 is 1.62 bits per heavy atom. The maximum absolute atomic E-state index is 12.1. The third-order valence-electron chi connectivity index (χ3n) is 4.24. The topological polar surface area (TPSA) is 70.4 Å². The summed E-state index contributed by atoms with van der Waals surface area (Å²) in [5.41, 5.74) is 0. The summed E-state index contributed by atoms with van der Waals surface area (Å²) < 4.78 is 2.09. The number of rotatable bonds is 4. The molecule has 2 amide bonds. The second-order valence-electron chi connectivity index (χ2n) is 6.20. The van der Waals surface area contributed by atoms with Crippen LogP contribution in [0.25, 0.3) is 0 Å². The number of β-amino-alcohol motifs (C(OH)–C–C–N with tert-alkyl or cyclic N) is 1. The molecule has 21 heavy (non-hydrogen) atoms. The monoisotopic (exact) mass is 294 g/mol. The lowest BCUT2D eigenvalue weighted by Crippen LogP contribution is -2.50. The Bertz CT molecular complexity index is 474.